The number of aliphatic hydroxyl groups is 1. The molecule has 0 aromatic heterocycles. The van der Waals surface area contributed by atoms with Crippen molar-refractivity contribution >= 4 is 35.7 Å². The van der Waals surface area contributed by atoms with E-state index in [1.165, 1.54) is 12.7 Å². The van der Waals surface area contributed by atoms with Gasteiger partial charge in [-0.1, -0.05) is 13.8 Å². The van der Waals surface area contributed by atoms with Crippen molar-refractivity contribution in [2.24, 2.45) is 26.8 Å². The molecule has 0 spiro atoms. The molecule has 5 heterocycles. The number of carbonyl (C=O) groups is 1. The van der Waals surface area contributed by atoms with Gasteiger partial charge in [0.1, 0.15) is 5.76 Å². The van der Waals surface area contributed by atoms with E-state index in [2.05, 4.69) is 63.9 Å². The van der Waals surface area contributed by atoms with Gasteiger partial charge in [-0.2, -0.15) is 12.6 Å². The molecule has 0 unspecified atom stereocenters. The van der Waals surface area contributed by atoms with Crippen molar-refractivity contribution in [1.82, 2.24) is 5.32 Å². The van der Waals surface area contributed by atoms with Gasteiger partial charge in [-0.15, -0.1) is 0 Å². The van der Waals surface area contributed by atoms with Crippen LogP contribution >= 0.6 is 12.6 Å². The summed E-state index contributed by atoms with van der Waals surface area (Å²) >= 11 is 4.66. The molecule has 2 N–H and O–H groups in total. The Balaban J connectivity index is 1.59. The van der Waals surface area contributed by atoms with Crippen LogP contribution in [0.2, 0.25) is 0 Å². The molecule has 8 bridgehead atoms. The van der Waals surface area contributed by atoms with Crippen LogP contribution in [0.1, 0.15) is 60.3 Å². The van der Waals surface area contributed by atoms with Crippen LogP contribution in [-0.4, -0.2) is 41.1 Å². The van der Waals surface area contributed by atoms with E-state index in [0.29, 0.717) is 30.8 Å². The van der Waals surface area contributed by atoms with Crippen molar-refractivity contribution in [3.8, 4) is 0 Å². The summed E-state index contributed by atoms with van der Waals surface area (Å²) in [6.07, 6.45) is 8.45. The number of methoxy groups -OCH3 is 1. The first-order chi connectivity index (χ1) is 19.7. The van der Waals surface area contributed by atoms with E-state index in [1.807, 2.05) is 6.92 Å². The molecule has 8 heteroatoms. The summed E-state index contributed by atoms with van der Waals surface area (Å²) in [6, 6.07) is 0. The minimum Gasteiger partial charge on any atom is -0.511 e. The third-order valence-electron chi connectivity index (χ3n) is 9.23. The SMILES string of the molecule is CCC1=C(C)C2=NC1=CC1=C(C)C3=C(O)CC(=C4NC(=CC5=NC(=C2)C(CS)=C5C)[C@@H](C)[C@@H]4CCC(=O)OC)C3=N1. The minimum atomic E-state index is -0.228. The van der Waals surface area contributed by atoms with Crippen molar-refractivity contribution in [2.45, 2.75) is 60.3 Å². The number of fused-ring (bicyclic) bond motifs is 5. The Bertz CT molecular complexity index is 1650. The van der Waals surface area contributed by atoms with E-state index in [1.54, 1.807) is 0 Å². The monoisotopic (exact) mass is 568 g/mol. The number of ether oxygens (including phenoxy) is 1. The highest BCUT2D eigenvalue weighted by Crippen LogP contribution is 2.46. The van der Waals surface area contributed by atoms with Crippen molar-refractivity contribution < 1.29 is 14.6 Å². The standard InChI is InChI=1S/C33H36N4O3S/c1-7-19-15(2)24-12-28-22(14-41)17(4)23(35-28)11-25-16(3)20(8-9-30(39)40-6)32(36-25)21-10-29(38)31-18(5)26(37-33(21)31)13-27(19)34-24/h11-13,16,20,36,38,41H,7-10,14H2,1-6H3/t16-,20-/m0/s1. The van der Waals surface area contributed by atoms with Gasteiger partial charge >= 0.3 is 5.97 Å². The van der Waals surface area contributed by atoms with Crippen LogP contribution in [-0.2, 0) is 9.53 Å². The average Bonchev–Trinajstić information content (AvgIpc) is 3.70. The highest BCUT2D eigenvalue weighted by atomic mass is 32.1. The zero-order valence-electron chi connectivity index (χ0n) is 24.5. The molecule has 0 radical (unpaired) electrons. The third kappa shape index (κ3) is 4.35. The van der Waals surface area contributed by atoms with Gasteiger partial charge in [0.05, 0.1) is 41.3 Å². The van der Waals surface area contributed by atoms with Crippen LogP contribution < -0.4 is 5.32 Å². The molecule has 6 rings (SSSR count). The fourth-order valence-corrected chi connectivity index (χ4v) is 7.13. The molecule has 0 saturated carbocycles. The molecule has 0 aromatic carbocycles. The molecule has 2 atom stereocenters. The predicted octanol–water partition coefficient (Wildman–Crippen LogP) is 6.54. The Kier molecular flexibility index (Phi) is 6.92. The lowest BCUT2D eigenvalue weighted by Gasteiger charge is -2.17. The largest absolute Gasteiger partial charge is 0.511 e. The smallest absolute Gasteiger partial charge is 0.305 e. The molecule has 212 valence electrons. The number of nitrogens with one attached hydrogen (secondary N) is 1. The zero-order chi connectivity index (χ0) is 29.2. The van der Waals surface area contributed by atoms with Gasteiger partial charge in [-0.05, 0) is 79.7 Å². The molecule has 1 saturated heterocycles. The molecule has 7 nitrogen and oxygen atoms in total. The second kappa shape index (κ2) is 10.3. The van der Waals surface area contributed by atoms with Crippen molar-refractivity contribution in [2.75, 3.05) is 12.9 Å². The number of thiol groups is 1. The number of esters is 1. The summed E-state index contributed by atoms with van der Waals surface area (Å²) < 4.78 is 4.97. The first kappa shape index (κ1) is 27.5. The van der Waals surface area contributed by atoms with E-state index < -0.39 is 0 Å². The molecule has 41 heavy (non-hydrogen) atoms. The van der Waals surface area contributed by atoms with Crippen molar-refractivity contribution in [3.63, 3.8) is 0 Å². The van der Waals surface area contributed by atoms with Gasteiger partial charge < -0.3 is 15.2 Å². The van der Waals surface area contributed by atoms with E-state index in [4.69, 9.17) is 19.7 Å². The third-order valence-corrected chi connectivity index (χ3v) is 9.54. The average molecular weight is 569 g/mol. The van der Waals surface area contributed by atoms with Gasteiger partial charge in [-0.3, -0.25) is 4.79 Å². The van der Waals surface area contributed by atoms with Crippen molar-refractivity contribution in [3.05, 3.63) is 91.5 Å². The number of aliphatic imine (C=N–C) groups is 3. The molecule has 0 amide bonds. The van der Waals surface area contributed by atoms with Gasteiger partial charge in [-0.25, -0.2) is 15.0 Å². The fraction of sp³-hybridized carbons (Fsp3) is 0.394. The first-order valence-corrected chi connectivity index (χ1v) is 14.9. The summed E-state index contributed by atoms with van der Waals surface area (Å²) in [6.45, 7) is 10.6. The van der Waals surface area contributed by atoms with E-state index in [0.717, 1.165) is 85.5 Å². The van der Waals surface area contributed by atoms with E-state index in [-0.39, 0.29) is 17.8 Å². The maximum Gasteiger partial charge on any atom is 0.305 e. The van der Waals surface area contributed by atoms with Gasteiger partial charge in [0.15, 0.2) is 0 Å². The fourth-order valence-electron chi connectivity index (χ4n) is 6.73. The lowest BCUT2D eigenvalue weighted by atomic mass is 9.86. The molecule has 5 aliphatic heterocycles. The number of allylic oxidation sites excluding steroid dienone is 12. The molecular formula is C33H36N4O3S. The van der Waals surface area contributed by atoms with Crippen LogP contribution in [0.4, 0.5) is 0 Å². The molecular weight excluding hydrogens is 532 g/mol. The maximum absolute atomic E-state index is 12.2. The second-order valence-corrected chi connectivity index (χ2v) is 11.7. The molecule has 6 aliphatic rings. The molecule has 0 aromatic rings. The molecule has 1 aliphatic carbocycles. The lowest BCUT2D eigenvalue weighted by Crippen LogP contribution is -2.16. The topological polar surface area (TPSA) is 95.6 Å². The van der Waals surface area contributed by atoms with E-state index >= 15 is 0 Å². The summed E-state index contributed by atoms with van der Waals surface area (Å²) in [7, 11) is 1.42. The Morgan fingerprint density at radius 1 is 1.05 bits per heavy atom. The van der Waals surface area contributed by atoms with E-state index in [9.17, 15) is 9.90 Å². The first-order valence-electron chi connectivity index (χ1n) is 14.3. The Morgan fingerprint density at radius 2 is 1.73 bits per heavy atom. The van der Waals surface area contributed by atoms with Crippen LogP contribution in [0.25, 0.3) is 0 Å². The minimum absolute atomic E-state index is 0.0353. The van der Waals surface area contributed by atoms with Gasteiger partial charge in [0.2, 0.25) is 0 Å². The quantitative estimate of drug-likeness (QED) is 0.259. The number of carbonyl (C=O) groups excluding carboxylic acids is 1. The highest BCUT2D eigenvalue weighted by molar-refractivity contribution is 7.80. The normalized spacial score (nSPS) is 25.0. The Hall–Kier alpha value is -3.65. The summed E-state index contributed by atoms with van der Waals surface area (Å²) in [5, 5.41) is 14.9. The zero-order valence-corrected chi connectivity index (χ0v) is 25.4. The molecule has 1 fully saturated rings. The number of nitrogens with zero attached hydrogens (tertiary/aromatic N) is 3. The second-order valence-electron chi connectivity index (χ2n) is 11.4. The number of aliphatic hydroxyl groups excluding tert-OH is 1. The van der Waals surface area contributed by atoms with Crippen LogP contribution in [0.3, 0.4) is 0 Å². The van der Waals surface area contributed by atoms with Gasteiger partial charge in [0, 0.05) is 53.0 Å². The summed E-state index contributed by atoms with van der Waals surface area (Å²) in [5.41, 5.74) is 14.6. The van der Waals surface area contributed by atoms with Gasteiger partial charge in [0.25, 0.3) is 0 Å². The number of rotatable bonds is 5. The maximum atomic E-state index is 12.2. The van der Waals surface area contributed by atoms with Crippen LogP contribution in [0.15, 0.2) is 106 Å². The Labute approximate surface area is 246 Å². The Morgan fingerprint density at radius 3 is 2.41 bits per heavy atom. The number of hydrogen-bond acceptors (Lipinski definition) is 8. The van der Waals surface area contributed by atoms with Crippen molar-refractivity contribution in [1.29, 1.82) is 0 Å². The summed E-state index contributed by atoms with van der Waals surface area (Å²) in [4.78, 5) is 27.4. The predicted molar refractivity (Wildman–Crippen MR) is 167 cm³/mol. The van der Waals surface area contributed by atoms with Crippen LogP contribution in [0, 0.1) is 11.8 Å². The summed E-state index contributed by atoms with van der Waals surface area (Å²) in [5.74, 6) is 0.813. The highest BCUT2D eigenvalue weighted by Gasteiger charge is 2.41. The number of hydrogen-bond donors (Lipinski definition) is 3. The lowest BCUT2D eigenvalue weighted by molar-refractivity contribution is -0.140. The van der Waals surface area contributed by atoms with Crippen LogP contribution in [0.5, 0.6) is 0 Å².